The number of nitrogens with one attached hydrogen (secondary N) is 1. The van der Waals surface area contributed by atoms with E-state index >= 15 is 0 Å². The molecule has 0 amide bonds. The van der Waals surface area contributed by atoms with Gasteiger partial charge in [0.1, 0.15) is 5.75 Å². The molecule has 0 heterocycles. The minimum absolute atomic E-state index is 0.00775. The molecule has 0 aromatic heterocycles. The minimum atomic E-state index is -0.474. The number of nitrogens with two attached hydrogens (primary N) is 1. The van der Waals surface area contributed by atoms with Crippen molar-refractivity contribution in [2.24, 2.45) is 0 Å². The Balaban J connectivity index is 2.20. The van der Waals surface area contributed by atoms with Crippen molar-refractivity contribution in [3.05, 3.63) is 47.8 Å². The van der Waals surface area contributed by atoms with E-state index in [1.165, 1.54) is 13.2 Å². The van der Waals surface area contributed by atoms with Gasteiger partial charge in [0.2, 0.25) is 0 Å². The summed E-state index contributed by atoms with van der Waals surface area (Å²) in [6.07, 6.45) is 0. The first kappa shape index (κ1) is 15.0. The van der Waals surface area contributed by atoms with E-state index in [1.54, 1.807) is 13.2 Å². The van der Waals surface area contributed by atoms with Crippen LogP contribution in [0.2, 0.25) is 0 Å². The van der Waals surface area contributed by atoms with Crippen LogP contribution in [0.25, 0.3) is 0 Å². The zero-order valence-corrected chi connectivity index (χ0v) is 12.3. The normalized spacial score (nSPS) is 11.8. The van der Waals surface area contributed by atoms with E-state index in [2.05, 4.69) is 5.32 Å². The van der Waals surface area contributed by atoms with Crippen LogP contribution in [0, 0.1) is 5.82 Å². The van der Waals surface area contributed by atoms with Gasteiger partial charge in [0.15, 0.2) is 11.6 Å². The third-order valence-corrected chi connectivity index (χ3v) is 3.31. The summed E-state index contributed by atoms with van der Waals surface area (Å²) in [6.45, 7) is 2.00. The molecule has 0 saturated heterocycles. The highest BCUT2D eigenvalue weighted by Crippen LogP contribution is 2.31. The SMILES string of the molecule is COc1ccc(C(C)Nc2cc(OC)c(F)cc2N)cc1. The highest BCUT2D eigenvalue weighted by Gasteiger charge is 2.11. The fraction of sp³-hybridized carbons (Fsp3) is 0.250. The van der Waals surface area contributed by atoms with Crippen molar-refractivity contribution >= 4 is 11.4 Å². The maximum atomic E-state index is 13.5. The van der Waals surface area contributed by atoms with Gasteiger partial charge in [-0.15, -0.1) is 0 Å². The Morgan fingerprint density at radius 3 is 2.33 bits per heavy atom. The minimum Gasteiger partial charge on any atom is -0.497 e. The topological polar surface area (TPSA) is 56.5 Å². The van der Waals surface area contributed by atoms with Crippen LogP contribution < -0.4 is 20.5 Å². The monoisotopic (exact) mass is 290 g/mol. The molecule has 0 aliphatic rings. The molecule has 0 fully saturated rings. The van der Waals surface area contributed by atoms with Gasteiger partial charge in [-0.1, -0.05) is 12.1 Å². The van der Waals surface area contributed by atoms with E-state index in [0.29, 0.717) is 11.4 Å². The number of rotatable bonds is 5. The molecule has 3 N–H and O–H groups in total. The van der Waals surface area contributed by atoms with Crippen LogP contribution in [-0.4, -0.2) is 14.2 Å². The third kappa shape index (κ3) is 3.37. The largest absolute Gasteiger partial charge is 0.497 e. The molecule has 112 valence electrons. The first-order valence-electron chi connectivity index (χ1n) is 6.58. The summed E-state index contributed by atoms with van der Waals surface area (Å²) in [5.74, 6) is 0.486. The lowest BCUT2D eigenvalue weighted by Gasteiger charge is -2.18. The van der Waals surface area contributed by atoms with Crippen LogP contribution in [-0.2, 0) is 0 Å². The van der Waals surface area contributed by atoms with Gasteiger partial charge in [-0.05, 0) is 24.6 Å². The van der Waals surface area contributed by atoms with Crippen LogP contribution in [0.5, 0.6) is 11.5 Å². The molecule has 4 nitrogen and oxygen atoms in total. The predicted octanol–water partition coefficient (Wildman–Crippen LogP) is 3.60. The fourth-order valence-corrected chi connectivity index (χ4v) is 2.06. The van der Waals surface area contributed by atoms with Gasteiger partial charge in [-0.3, -0.25) is 0 Å². The Hall–Kier alpha value is -2.43. The molecule has 0 radical (unpaired) electrons. The molecule has 2 aromatic rings. The lowest BCUT2D eigenvalue weighted by Crippen LogP contribution is -2.09. The number of nitrogen functional groups attached to an aromatic ring is 1. The summed E-state index contributed by atoms with van der Waals surface area (Å²) < 4.78 is 23.6. The number of ether oxygens (including phenoxy) is 2. The van der Waals surface area contributed by atoms with Crippen molar-refractivity contribution in [2.45, 2.75) is 13.0 Å². The van der Waals surface area contributed by atoms with Crippen molar-refractivity contribution in [2.75, 3.05) is 25.3 Å². The lowest BCUT2D eigenvalue weighted by molar-refractivity contribution is 0.387. The maximum absolute atomic E-state index is 13.5. The van der Waals surface area contributed by atoms with Crippen LogP contribution in [0.15, 0.2) is 36.4 Å². The number of halogens is 1. The fourth-order valence-electron chi connectivity index (χ4n) is 2.06. The van der Waals surface area contributed by atoms with E-state index in [0.717, 1.165) is 11.3 Å². The first-order chi connectivity index (χ1) is 10.0. The van der Waals surface area contributed by atoms with Crippen molar-refractivity contribution in [1.29, 1.82) is 0 Å². The molecule has 1 atom stereocenters. The average Bonchev–Trinajstić information content (AvgIpc) is 2.50. The van der Waals surface area contributed by atoms with Crippen molar-refractivity contribution < 1.29 is 13.9 Å². The summed E-state index contributed by atoms with van der Waals surface area (Å²) in [7, 11) is 3.05. The van der Waals surface area contributed by atoms with Gasteiger partial charge in [0, 0.05) is 18.2 Å². The smallest absolute Gasteiger partial charge is 0.167 e. The molecular weight excluding hydrogens is 271 g/mol. The molecule has 2 rings (SSSR count). The second-order valence-corrected chi connectivity index (χ2v) is 4.71. The van der Waals surface area contributed by atoms with E-state index in [9.17, 15) is 4.39 Å². The van der Waals surface area contributed by atoms with Crippen LogP contribution in [0.4, 0.5) is 15.8 Å². The molecule has 0 aliphatic carbocycles. The molecule has 0 spiro atoms. The quantitative estimate of drug-likeness (QED) is 0.826. The van der Waals surface area contributed by atoms with Crippen molar-refractivity contribution in [1.82, 2.24) is 0 Å². The Bertz CT molecular complexity index is 614. The highest BCUT2D eigenvalue weighted by atomic mass is 19.1. The zero-order valence-electron chi connectivity index (χ0n) is 12.3. The van der Waals surface area contributed by atoms with E-state index in [4.69, 9.17) is 15.2 Å². The molecule has 0 bridgehead atoms. The number of hydrogen-bond acceptors (Lipinski definition) is 4. The van der Waals surface area contributed by atoms with Crippen molar-refractivity contribution in [3.63, 3.8) is 0 Å². The zero-order chi connectivity index (χ0) is 15.4. The molecule has 0 saturated carbocycles. The number of benzene rings is 2. The lowest BCUT2D eigenvalue weighted by atomic mass is 10.1. The highest BCUT2D eigenvalue weighted by molar-refractivity contribution is 5.69. The van der Waals surface area contributed by atoms with Gasteiger partial charge in [0.05, 0.1) is 25.6 Å². The second kappa shape index (κ2) is 6.35. The van der Waals surface area contributed by atoms with Crippen LogP contribution in [0.3, 0.4) is 0 Å². The third-order valence-electron chi connectivity index (χ3n) is 3.31. The summed E-state index contributed by atoms with van der Waals surface area (Å²) in [6, 6.07) is 10.5. The van der Waals surface area contributed by atoms with Gasteiger partial charge >= 0.3 is 0 Å². The Morgan fingerprint density at radius 2 is 1.76 bits per heavy atom. The summed E-state index contributed by atoms with van der Waals surface area (Å²) in [5, 5.41) is 3.25. The van der Waals surface area contributed by atoms with E-state index < -0.39 is 5.82 Å². The van der Waals surface area contributed by atoms with Gasteiger partial charge < -0.3 is 20.5 Å². The summed E-state index contributed by atoms with van der Waals surface area (Å²) >= 11 is 0. The van der Waals surface area contributed by atoms with E-state index in [1.807, 2.05) is 31.2 Å². The van der Waals surface area contributed by atoms with E-state index in [-0.39, 0.29) is 11.8 Å². The van der Waals surface area contributed by atoms with Gasteiger partial charge in [-0.25, -0.2) is 4.39 Å². The maximum Gasteiger partial charge on any atom is 0.167 e. The van der Waals surface area contributed by atoms with Gasteiger partial charge in [0.25, 0.3) is 0 Å². The summed E-state index contributed by atoms with van der Waals surface area (Å²) in [4.78, 5) is 0. The molecule has 0 aliphatic heterocycles. The molecule has 2 aromatic carbocycles. The molecular formula is C16H19FN2O2. The average molecular weight is 290 g/mol. The summed E-state index contributed by atoms with van der Waals surface area (Å²) in [5.41, 5.74) is 7.88. The number of hydrogen-bond donors (Lipinski definition) is 2. The second-order valence-electron chi connectivity index (χ2n) is 4.71. The Kier molecular flexibility index (Phi) is 4.52. The van der Waals surface area contributed by atoms with Crippen LogP contribution >= 0.6 is 0 Å². The van der Waals surface area contributed by atoms with Gasteiger partial charge in [-0.2, -0.15) is 0 Å². The number of anilines is 2. The Morgan fingerprint density at radius 1 is 1.10 bits per heavy atom. The molecule has 5 heteroatoms. The number of methoxy groups -OCH3 is 2. The predicted molar refractivity (Wildman–Crippen MR) is 82.4 cm³/mol. The Labute approximate surface area is 123 Å². The standard InChI is InChI=1S/C16H19FN2O2/c1-10(11-4-6-12(20-2)7-5-11)19-15-9-16(21-3)13(17)8-14(15)18/h4-10,19H,18H2,1-3H3. The van der Waals surface area contributed by atoms with Crippen LogP contribution in [0.1, 0.15) is 18.5 Å². The molecule has 1 unspecified atom stereocenters. The van der Waals surface area contributed by atoms with Crippen molar-refractivity contribution in [3.8, 4) is 11.5 Å². The first-order valence-corrected chi connectivity index (χ1v) is 6.58. The molecule has 21 heavy (non-hydrogen) atoms.